The molecule has 0 radical (unpaired) electrons. The Balaban J connectivity index is 1.88. The molecule has 1 aliphatic heterocycles. The number of rotatable bonds is 3. The predicted octanol–water partition coefficient (Wildman–Crippen LogP) is 3.45. The molecule has 2 N–H and O–H groups in total. The molecular weight excluding hydrogens is 357 g/mol. The second-order valence-electron chi connectivity index (χ2n) is 6.82. The molecule has 27 heavy (non-hydrogen) atoms. The van der Waals surface area contributed by atoms with Gasteiger partial charge in [0.1, 0.15) is 5.82 Å². The Morgan fingerprint density at radius 2 is 1.85 bits per heavy atom. The molecule has 0 bridgehead atoms. The van der Waals surface area contributed by atoms with E-state index < -0.39 is 11.7 Å². The van der Waals surface area contributed by atoms with Crippen molar-refractivity contribution < 1.29 is 18.0 Å². The maximum absolute atomic E-state index is 12.8. The molecule has 3 atom stereocenters. The first kappa shape index (κ1) is 19.3. The Labute approximate surface area is 155 Å². The third-order valence-corrected chi connectivity index (χ3v) is 4.63. The lowest BCUT2D eigenvalue weighted by Gasteiger charge is -2.29. The molecule has 0 saturated carbocycles. The highest BCUT2D eigenvalue weighted by atomic mass is 19.4. The number of aromatic nitrogens is 2. The Morgan fingerprint density at radius 3 is 2.44 bits per heavy atom. The SMILES string of the molecule is Cc1nc(C2CC(=O)NC(C)N2)cc(C(C)c2ccc(C(F)(F)F)cc2)n1. The Bertz CT molecular complexity index is 836. The van der Waals surface area contributed by atoms with Crippen molar-refractivity contribution in [3.8, 4) is 0 Å². The minimum absolute atomic E-state index is 0.0557. The quantitative estimate of drug-likeness (QED) is 0.859. The summed E-state index contributed by atoms with van der Waals surface area (Å²) in [7, 11) is 0. The maximum atomic E-state index is 12.8. The molecule has 0 aliphatic carbocycles. The molecule has 1 amide bonds. The van der Waals surface area contributed by atoms with Gasteiger partial charge in [-0.2, -0.15) is 13.2 Å². The normalized spacial score (nSPS) is 21.6. The molecule has 2 aromatic rings. The van der Waals surface area contributed by atoms with Gasteiger partial charge >= 0.3 is 6.18 Å². The van der Waals surface area contributed by atoms with Gasteiger partial charge in [-0.1, -0.05) is 19.1 Å². The summed E-state index contributed by atoms with van der Waals surface area (Å²) in [6.45, 7) is 5.50. The zero-order valence-electron chi connectivity index (χ0n) is 15.3. The van der Waals surface area contributed by atoms with Gasteiger partial charge < -0.3 is 5.32 Å². The lowest BCUT2D eigenvalue weighted by Crippen LogP contribution is -2.51. The molecule has 5 nitrogen and oxygen atoms in total. The number of carbonyl (C=O) groups is 1. The fourth-order valence-corrected chi connectivity index (χ4v) is 3.22. The number of nitrogens with zero attached hydrogens (tertiary/aromatic N) is 2. The first-order chi connectivity index (χ1) is 12.6. The number of hydrogen-bond donors (Lipinski definition) is 2. The van der Waals surface area contributed by atoms with Gasteiger partial charge in [0.05, 0.1) is 29.2 Å². The molecule has 2 heterocycles. The van der Waals surface area contributed by atoms with E-state index in [-0.39, 0.29) is 30.5 Å². The molecule has 1 aromatic carbocycles. The van der Waals surface area contributed by atoms with Gasteiger partial charge in [0.15, 0.2) is 0 Å². The number of halogens is 3. The van der Waals surface area contributed by atoms with Gasteiger partial charge in [-0.05, 0) is 37.6 Å². The molecule has 1 saturated heterocycles. The number of amides is 1. The van der Waals surface area contributed by atoms with Crippen molar-refractivity contribution >= 4 is 5.91 Å². The van der Waals surface area contributed by atoms with Crippen LogP contribution in [0.2, 0.25) is 0 Å². The summed E-state index contributed by atoms with van der Waals surface area (Å²) in [6.07, 6.45) is -4.25. The van der Waals surface area contributed by atoms with Gasteiger partial charge in [0.2, 0.25) is 5.91 Å². The van der Waals surface area contributed by atoms with E-state index in [0.29, 0.717) is 17.2 Å². The minimum atomic E-state index is -4.36. The molecule has 0 spiro atoms. The van der Waals surface area contributed by atoms with Crippen molar-refractivity contribution in [1.29, 1.82) is 0 Å². The van der Waals surface area contributed by atoms with Crippen LogP contribution in [0.1, 0.15) is 60.6 Å². The van der Waals surface area contributed by atoms with Crippen LogP contribution in [0.4, 0.5) is 13.2 Å². The van der Waals surface area contributed by atoms with E-state index in [2.05, 4.69) is 20.6 Å². The lowest BCUT2D eigenvalue weighted by molar-refractivity contribution is -0.137. The second kappa shape index (κ2) is 7.26. The first-order valence-corrected chi connectivity index (χ1v) is 8.71. The highest BCUT2D eigenvalue weighted by Gasteiger charge is 2.30. The number of alkyl halides is 3. The van der Waals surface area contributed by atoms with E-state index in [4.69, 9.17) is 0 Å². The average molecular weight is 378 g/mol. The van der Waals surface area contributed by atoms with Crippen LogP contribution in [-0.2, 0) is 11.0 Å². The number of benzene rings is 1. The average Bonchev–Trinajstić information content (AvgIpc) is 2.59. The Morgan fingerprint density at radius 1 is 1.19 bits per heavy atom. The van der Waals surface area contributed by atoms with Gasteiger partial charge in [-0.25, -0.2) is 9.97 Å². The molecule has 144 valence electrons. The fraction of sp³-hybridized carbons (Fsp3) is 0.421. The smallest absolute Gasteiger partial charge is 0.341 e. The van der Waals surface area contributed by atoms with Crippen molar-refractivity contribution in [3.05, 3.63) is 58.7 Å². The number of nitrogens with one attached hydrogen (secondary N) is 2. The van der Waals surface area contributed by atoms with Crippen LogP contribution >= 0.6 is 0 Å². The van der Waals surface area contributed by atoms with E-state index in [1.54, 1.807) is 6.92 Å². The van der Waals surface area contributed by atoms with E-state index in [0.717, 1.165) is 17.7 Å². The summed E-state index contributed by atoms with van der Waals surface area (Å²) in [6, 6.07) is 6.69. The monoisotopic (exact) mass is 378 g/mol. The zero-order valence-corrected chi connectivity index (χ0v) is 15.3. The van der Waals surface area contributed by atoms with Gasteiger partial charge in [0, 0.05) is 12.3 Å². The molecule has 3 unspecified atom stereocenters. The molecular formula is C19H21F3N4O. The number of hydrogen-bond acceptors (Lipinski definition) is 4. The summed E-state index contributed by atoms with van der Waals surface area (Å²) in [5.41, 5.74) is 1.47. The van der Waals surface area contributed by atoms with E-state index in [1.807, 2.05) is 19.9 Å². The van der Waals surface area contributed by atoms with Crippen LogP contribution in [0, 0.1) is 6.92 Å². The fourth-order valence-electron chi connectivity index (χ4n) is 3.22. The van der Waals surface area contributed by atoms with E-state index in [1.165, 1.54) is 12.1 Å². The van der Waals surface area contributed by atoms with Crippen LogP contribution < -0.4 is 10.6 Å². The largest absolute Gasteiger partial charge is 0.416 e. The third-order valence-electron chi connectivity index (χ3n) is 4.63. The maximum Gasteiger partial charge on any atom is 0.416 e. The molecule has 1 aromatic heterocycles. The molecule has 1 aliphatic rings. The van der Waals surface area contributed by atoms with Crippen LogP contribution in [0.25, 0.3) is 0 Å². The molecule has 3 rings (SSSR count). The number of carbonyl (C=O) groups excluding carboxylic acids is 1. The van der Waals surface area contributed by atoms with Crippen LogP contribution in [0.15, 0.2) is 30.3 Å². The van der Waals surface area contributed by atoms with Crippen LogP contribution in [0.5, 0.6) is 0 Å². The predicted molar refractivity (Wildman–Crippen MR) is 93.8 cm³/mol. The van der Waals surface area contributed by atoms with Crippen LogP contribution in [0.3, 0.4) is 0 Å². The van der Waals surface area contributed by atoms with Gasteiger partial charge in [-0.15, -0.1) is 0 Å². The van der Waals surface area contributed by atoms with Crippen molar-refractivity contribution in [1.82, 2.24) is 20.6 Å². The van der Waals surface area contributed by atoms with E-state index in [9.17, 15) is 18.0 Å². The molecule has 1 fully saturated rings. The second-order valence-corrected chi connectivity index (χ2v) is 6.82. The van der Waals surface area contributed by atoms with Gasteiger partial charge in [0.25, 0.3) is 0 Å². The summed E-state index contributed by atoms with van der Waals surface area (Å²) < 4.78 is 38.3. The van der Waals surface area contributed by atoms with Crippen molar-refractivity contribution in [2.75, 3.05) is 0 Å². The highest BCUT2D eigenvalue weighted by molar-refractivity contribution is 5.77. The summed E-state index contributed by atoms with van der Waals surface area (Å²) in [5, 5.41) is 6.06. The standard InChI is InChI=1S/C19H21F3N4O/c1-10(13-4-6-14(7-5-13)19(20,21)22)15-8-16(24-11(2)23-15)17-9-18(27)26-12(3)25-17/h4-8,10,12,17,25H,9H2,1-3H3,(H,26,27). The Kier molecular flexibility index (Phi) is 5.19. The van der Waals surface area contributed by atoms with Crippen molar-refractivity contribution in [2.45, 2.75) is 51.5 Å². The Hall–Kier alpha value is -2.48. The first-order valence-electron chi connectivity index (χ1n) is 8.71. The highest BCUT2D eigenvalue weighted by Crippen LogP contribution is 2.32. The van der Waals surface area contributed by atoms with Crippen LogP contribution in [-0.4, -0.2) is 22.0 Å². The summed E-state index contributed by atoms with van der Waals surface area (Å²) in [4.78, 5) is 20.7. The zero-order chi connectivity index (χ0) is 19.8. The summed E-state index contributed by atoms with van der Waals surface area (Å²) >= 11 is 0. The third kappa shape index (κ3) is 4.44. The number of aryl methyl sites for hydroxylation is 1. The van der Waals surface area contributed by atoms with Gasteiger partial charge in [-0.3, -0.25) is 10.1 Å². The topological polar surface area (TPSA) is 66.9 Å². The van der Waals surface area contributed by atoms with Crippen molar-refractivity contribution in [2.24, 2.45) is 0 Å². The lowest BCUT2D eigenvalue weighted by atomic mass is 9.94. The van der Waals surface area contributed by atoms with Crippen molar-refractivity contribution in [3.63, 3.8) is 0 Å². The summed E-state index contributed by atoms with van der Waals surface area (Å²) in [5.74, 6) is 0.295. The molecule has 8 heteroatoms. The minimum Gasteiger partial charge on any atom is -0.341 e. The van der Waals surface area contributed by atoms with E-state index >= 15 is 0 Å².